The number of nitrogens with one attached hydrogen (secondary N) is 1. The molecule has 0 unspecified atom stereocenters. The summed E-state index contributed by atoms with van der Waals surface area (Å²) in [5, 5.41) is 2.94. The quantitative estimate of drug-likeness (QED) is 0.883. The van der Waals surface area contributed by atoms with Crippen LogP contribution in [-0.4, -0.2) is 12.5 Å². The van der Waals surface area contributed by atoms with Crippen molar-refractivity contribution in [1.82, 2.24) is 5.32 Å². The monoisotopic (exact) mass is 283 g/mol. The van der Waals surface area contributed by atoms with E-state index in [-0.39, 0.29) is 5.91 Å². The first-order valence-electron chi connectivity index (χ1n) is 7.21. The first kappa shape index (κ1) is 15.1. The van der Waals surface area contributed by atoms with Crippen LogP contribution in [0.5, 0.6) is 5.75 Å². The molecule has 0 fully saturated rings. The Balaban J connectivity index is 1.82. The van der Waals surface area contributed by atoms with E-state index in [2.05, 4.69) is 5.32 Å². The number of ether oxygens (including phenoxy) is 1. The van der Waals surface area contributed by atoms with Gasteiger partial charge < -0.3 is 10.1 Å². The molecule has 0 aliphatic heterocycles. The van der Waals surface area contributed by atoms with Crippen molar-refractivity contribution in [1.29, 1.82) is 0 Å². The molecule has 2 aromatic carbocycles. The van der Waals surface area contributed by atoms with Gasteiger partial charge in [-0.3, -0.25) is 4.79 Å². The third-order valence-corrected chi connectivity index (χ3v) is 3.21. The van der Waals surface area contributed by atoms with Crippen LogP contribution < -0.4 is 10.1 Å². The number of carbonyl (C=O) groups excluding carboxylic acids is 1. The number of aryl methyl sites for hydroxylation is 1. The minimum atomic E-state index is 0.0275. The number of rotatable bonds is 6. The molecule has 110 valence electrons. The molecule has 2 aromatic rings. The molecule has 0 radical (unpaired) electrons. The summed E-state index contributed by atoms with van der Waals surface area (Å²) in [7, 11) is 0. The summed E-state index contributed by atoms with van der Waals surface area (Å²) in [6, 6.07) is 15.8. The third-order valence-electron chi connectivity index (χ3n) is 3.21. The number of amides is 1. The Hall–Kier alpha value is -2.29. The lowest BCUT2D eigenvalue weighted by molar-refractivity contribution is -0.120. The summed E-state index contributed by atoms with van der Waals surface area (Å²) >= 11 is 0. The van der Waals surface area contributed by atoms with E-state index in [1.807, 2.05) is 62.4 Å². The maximum Gasteiger partial charge on any atom is 0.224 e. The Morgan fingerprint density at radius 3 is 2.24 bits per heavy atom. The van der Waals surface area contributed by atoms with Gasteiger partial charge in [0.25, 0.3) is 0 Å². The van der Waals surface area contributed by atoms with Crippen molar-refractivity contribution in [3.63, 3.8) is 0 Å². The molecule has 0 atom stereocenters. The summed E-state index contributed by atoms with van der Waals surface area (Å²) in [6.45, 7) is 5.22. The number of benzene rings is 2. The topological polar surface area (TPSA) is 38.3 Å². The lowest BCUT2D eigenvalue weighted by Gasteiger charge is -2.07. The summed E-state index contributed by atoms with van der Waals surface area (Å²) < 4.78 is 5.38. The highest BCUT2D eigenvalue weighted by atomic mass is 16.5. The van der Waals surface area contributed by atoms with E-state index in [0.29, 0.717) is 19.6 Å². The molecule has 0 aliphatic carbocycles. The van der Waals surface area contributed by atoms with Gasteiger partial charge in [-0.15, -0.1) is 0 Å². The van der Waals surface area contributed by atoms with E-state index in [0.717, 1.165) is 16.9 Å². The van der Waals surface area contributed by atoms with Crippen molar-refractivity contribution in [2.45, 2.75) is 26.8 Å². The highest BCUT2D eigenvalue weighted by Crippen LogP contribution is 2.12. The number of hydrogen-bond donors (Lipinski definition) is 1. The van der Waals surface area contributed by atoms with Crippen molar-refractivity contribution < 1.29 is 9.53 Å². The first-order chi connectivity index (χ1) is 10.2. The Labute approximate surface area is 126 Å². The summed E-state index contributed by atoms with van der Waals surface area (Å²) in [6.07, 6.45) is 0.387. The Morgan fingerprint density at radius 1 is 1.00 bits per heavy atom. The predicted molar refractivity (Wildman–Crippen MR) is 84.3 cm³/mol. The van der Waals surface area contributed by atoms with Crippen molar-refractivity contribution in [3.05, 3.63) is 65.2 Å². The molecule has 2 rings (SSSR count). The highest BCUT2D eigenvalue weighted by molar-refractivity contribution is 5.78. The van der Waals surface area contributed by atoms with Crippen LogP contribution in [0.15, 0.2) is 48.5 Å². The van der Waals surface area contributed by atoms with Crippen LogP contribution in [0, 0.1) is 6.92 Å². The predicted octanol–water partition coefficient (Wildman–Crippen LogP) is 3.25. The zero-order chi connectivity index (χ0) is 15.1. The van der Waals surface area contributed by atoms with Crippen LogP contribution in [0.3, 0.4) is 0 Å². The maximum atomic E-state index is 11.9. The molecule has 1 amide bonds. The molecule has 0 aliphatic rings. The first-order valence-corrected chi connectivity index (χ1v) is 7.21. The molecule has 0 heterocycles. The Morgan fingerprint density at radius 2 is 1.62 bits per heavy atom. The van der Waals surface area contributed by atoms with E-state index < -0.39 is 0 Å². The lowest BCUT2D eigenvalue weighted by Crippen LogP contribution is -2.24. The second kappa shape index (κ2) is 7.48. The van der Waals surface area contributed by atoms with Gasteiger partial charge in [0.05, 0.1) is 13.0 Å². The van der Waals surface area contributed by atoms with Gasteiger partial charge in [-0.1, -0.05) is 42.0 Å². The van der Waals surface area contributed by atoms with Gasteiger partial charge in [0.2, 0.25) is 5.91 Å². The lowest BCUT2D eigenvalue weighted by atomic mass is 10.1. The second-order valence-corrected chi connectivity index (χ2v) is 5.02. The van der Waals surface area contributed by atoms with Crippen LogP contribution >= 0.6 is 0 Å². The Kier molecular flexibility index (Phi) is 5.38. The molecule has 3 nitrogen and oxygen atoms in total. The van der Waals surface area contributed by atoms with E-state index in [4.69, 9.17) is 4.74 Å². The normalized spacial score (nSPS) is 10.2. The summed E-state index contributed by atoms with van der Waals surface area (Å²) in [5.41, 5.74) is 3.32. The Bertz CT molecular complexity index is 573. The fourth-order valence-corrected chi connectivity index (χ4v) is 2.02. The van der Waals surface area contributed by atoms with Crippen LogP contribution in [0.4, 0.5) is 0 Å². The zero-order valence-electron chi connectivity index (χ0n) is 12.6. The maximum absolute atomic E-state index is 11.9. The van der Waals surface area contributed by atoms with Crippen molar-refractivity contribution >= 4 is 5.91 Å². The molecule has 0 spiro atoms. The van der Waals surface area contributed by atoms with E-state index >= 15 is 0 Å². The van der Waals surface area contributed by atoms with Gasteiger partial charge in [-0.05, 0) is 37.1 Å². The van der Waals surface area contributed by atoms with Crippen LogP contribution in [0.2, 0.25) is 0 Å². The van der Waals surface area contributed by atoms with Crippen molar-refractivity contribution in [2.24, 2.45) is 0 Å². The third kappa shape index (κ3) is 4.95. The van der Waals surface area contributed by atoms with Gasteiger partial charge in [0, 0.05) is 6.54 Å². The van der Waals surface area contributed by atoms with E-state index in [9.17, 15) is 4.79 Å². The summed E-state index contributed by atoms with van der Waals surface area (Å²) in [5.74, 6) is 0.862. The van der Waals surface area contributed by atoms with Crippen molar-refractivity contribution in [3.8, 4) is 5.75 Å². The van der Waals surface area contributed by atoms with Gasteiger partial charge in [0.15, 0.2) is 0 Å². The molecular weight excluding hydrogens is 262 g/mol. The largest absolute Gasteiger partial charge is 0.494 e. The fourth-order valence-electron chi connectivity index (χ4n) is 2.02. The SMILES string of the molecule is CCOc1ccc(CC(=O)NCc2ccc(C)cc2)cc1. The van der Waals surface area contributed by atoms with Gasteiger partial charge in [-0.25, -0.2) is 0 Å². The van der Waals surface area contributed by atoms with E-state index in [1.165, 1.54) is 5.56 Å². The highest BCUT2D eigenvalue weighted by Gasteiger charge is 2.03. The minimum absolute atomic E-state index is 0.0275. The van der Waals surface area contributed by atoms with Crippen LogP contribution in [-0.2, 0) is 17.8 Å². The molecule has 0 saturated heterocycles. The average molecular weight is 283 g/mol. The van der Waals surface area contributed by atoms with Gasteiger partial charge >= 0.3 is 0 Å². The van der Waals surface area contributed by atoms with Gasteiger partial charge in [0.1, 0.15) is 5.75 Å². The van der Waals surface area contributed by atoms with Crippen LogP contribution in [0.1, 0.15) is 23.6 Å². The van der Waals surface area contributed by atoms with Gasteiger partial charge in [-0.2, -0.15) is 0 Å². The summed E-state index contributed by atoms with van der Waals surface area (Å²) in [4.78, 5) is 11.9. The molecule has 0 saturated carbocycles. The zero-order valence-corrected chi connectivity index (χ0v) is 12.6. The molecule has 0 aromatic heterocycles. The number of carbonyl (C=O) groups is 1. The molecule has 3 heteroatoms. The van der Waals surface area contributed by atoms with Crippen LogP contribution in [0.25, 0.3) is 0 Å². The number of hydrogen-bond acceptors (Lipinski definition) is 2. The smallest absolute Gasteiger partial charge is 0.224 e. The second-order valence-electron chi connectivity index (χ2n) is 5.02. The molecule has 1 N–H and O–H groups in total. The van der Waals surface area contributed by atoms with E-state index in [1.54, 1.807) is 0 Å². The molecule has 21 heavy (non-hydrogen) atoms. The fraction of sp³-hybridized carbons (Fsp3) is 0.278. The standard InChI is InChI=1S/C18H21NO2/c1-3-21-17-10-8-15(9-11-17)12-18(20)19-13-16-6-4-14(2)5-7-16/h4-11H,3,12-13H2,1-2H3,(H,19,20). The molecule has 0 bridgehead atoms. The molecular formula is C18H21NO2. The minimum Gasteiger partial charge on any atom is -0.494 e. The van der Waals surface area contributed by atoms with Crippen molar-refractivity contribution in [2.75, 3.05) is 6.61 Å². The average Bonchev–Trinajstić information content (AvgIpc) is 2.49.